The highest BCUT2D eigenvalue weighted by Crippen LogP contribution is 2.34. The number of amides is 1. The molecule has 0 spiro atoms. The fourth-order valence-corrected chi connectivity index (χ4v) is 2.47. The monoisotopic (exact) mass is 210 g/mol. The maximum absolute atomic E-state index is 11.8. The van der Waals surface area contributed by atoms with Crippen LogP contribution < -0.4 is 10.6 Å². The second kappa shape index (κ2) is 4.97. The molecule has 0 bridgehead atoms. The van der Waals surface area contributed by atoms with Gasteiger partial charge in [-0.15, -0.1) is 0 Å². The van der Waals surface area contributed by atoms with Gasteiger partial charge in [-0.1, -0.05) is 19.8 Å². The third-order valence-electron chi connectivity index (χ3n) is 3.54. The summed E-state index contributed by atoms with van der Waals surface area (Å²) in [7, 11) is 0. The average Bonchev–Trinajstić information content (AvgIpc) is 2.98. The maximum Gasteiger partial charge on any atom is 0.237 e. The largest absolute Gasteiger partial charge is 0.352 e. The van der Waals surface area contributed by atoms with Crippen LogP contribution in [0.5, 0.6) is 0 Å². The van der Waals surface area contributed by atoms with Crippen molar-refractivity contribution in [2.75, 3.05) is 6.54 Å². The lowest BCUT2D eigenvalue weighted by atomic mass is 10.0. The summed E-state index contributed by atoms with van der Waals surface area (Å²) in [4.78, 5) is 11.8. The van der Waals surface area contributed by atoms with Crippen LogP contribution in [-0.4, -0.2) is 24.5 Å². The van der Waals surface area contributed by atoms with Crippen LogP contribution in [0.2, 0.25) is 0 Å². The Morgan fingerprint density at radius 3 is 3.00 bits per heavy atom. The Morgan fingerprint density at radius 2 is 2.33 bits per heavy atom. The van der Waals surface area contributed by atoms with Crippen molar-refractivity contribution in [2.24, 2.45) is 5.92 Å². The van der Waals surface area contributed by atoms with Gasteiger partial charge in [-0.25, -0.2) is 0 Å². The molecule has 1 aliphatic carbocycles. The first kappa shape index (κ1) is 10.9. The van der Waals surface area contributed by atoms with E-state index >= 15 is 0 Å². The number of piperidine rings is 1. The quantitative estimate of drug-likeness (QED) is 0.737. The standard InChI is InChI=1S/C12H22N2O/c1-2-5-9-8-11(9)14-12(15)10-6-3-4-7-13-10/h9-11,13H,2-8H2,1H3,(H,14,15)/t9?,10-,11?/m0/s1. The van der Waals surface area contributed by atoms with Gasteiger partial charge in [-0.2, -0.15) is 0 Å². The van der Waals surface area contributed by atoms with Crippen LogP contribution in [0.15, 0.2) is 0 Å². The molecule has 0 radical (unpaired) electrons. The minimum Gasteiger partial charge on any atom is -0.352 e. The lowest BCUT2D eigenvalue weighted by Crippen LogP contribution is -2.47. The minimum atomic E-state index is 0.0848. The highest BCUT2D eigenvalue weighted by atomic mass is 16.2. The van der Waals surface area contributed by atoms with Gasteiger partial charge < -0.3 is 10.6 Å². The number of hydrogen-bond acceptors (Lipinski definition) is 2. The molecule has 1 saturated carbocycles. The van der Waals surface area contributed by atoms with Gasteiger partial charge in [-0.3, -0.25) is 4.79 Å². The molecule has 1 heterocycles. The van der Waals surface area contributed by atoms with Crippen molar-refractivity contribution in [3.63, 3.8) is 0 Å². The van der Waals surface area contributed by atoms with E-state index in [1.165, 1.54) is 32.1 Å². The van der Waals surface area contributed by atoms with E-state index in [0.29, 0.717) is 6.04 Å². The smallest absolute Gasteiger partial charge is 0.237 e. The van der Waals surface area contributed by atoms with Crippen molar-refractivity contribution in [3.05, 3.63) is 0 Å². The van der Waals surface area contributed by atoms with E-state index in [9.17, 15) is 4.79 Å². The molecule has 0 aromatic rings. The van der Waals surface area contributed by atoms with Gasteiger partial charge in [-0.05, 0) is 38.1 Å². The Morgan fingerprint density at radius 1 is 1.47 bits per heavy atom. The van der Waals surface area contributed by atoms with Crippen molar-refractivity contribution >= 4 is 5.91 Å². The van der Waals surface area contributed by atoms with Crippen molar-refractivity contribution in [3.8, 4) is 0 Å². The fourth-order valence-electron chi connectivity index (χ4n) is 2.47. The summed E-state index contributed by atoms with van der Waals surface area (Å²) in [5.41, 5.74) is 0. The van der Waals surface area contributed by atoms with E-state index in [-0.39, 0.29) is 11.9 Å². The van der Waals surface area contributed by atoms with Crippen LogP contribution in [0.1, 0.15) is 45.4 Å². The summed E-state index contributed by atoms with van der Waals surface area (Å²) in [6.45, 7) is 3.21. The van der Waals surface area contributed by atoms with Gasteiger partial charge in [0.05, 0.1) is 6.04 Å². The first-order valence-corrected chi connectivity index (χ1v) is 6.35. The first-order valence-electron chi connectivity index (χ1n) is 6.35. The number of hydrogen-bond donors (Lipinski definition) is 2. The first-order chi connectivity index (χ1) is 7.31. The molecule has 1 amide bonds. The zero-order valence-corrected chi connectivity index (χ0v) is 9.59. The summed E-state index contributed by atoms with van der Waals surface area (Å²) in [6, 6.07) is 0.572. The van der Waals surface area contributed by atoms with E-state index in [2.05, 4.69) is 17.6 Å². The van der Waals surface area contributed by atoms with Crippen LogP contribution >= 0.6 is 0 Å². The zero-order valence-electron chi connectivity index (χ0n) is 9.59. The van der Waals surface area contributed by atoms with Gasteiger partial charge >= 0.3 is 0 Å². The van der Waals surface area contributed by atoms with Crippen LogP contribution in [0.4, 0.5) is 0 Å². The lowest BCUT2D eigenvalue weighted by molar-refractivity contribution is -0.123. The molecule has 1 saturated heterocycles. The molecular formula is C12H22N2O. The van der Waals surface area contributed by atoms with Gasteiger partial charge in [0.15, 0.2) is 0 Å². The summed E-state index contributed by atoms with van der Waals surface area (Å²) in [6.07, 6.45) is 7.12. The maximum atomic E-state index is 11.8. The van der Waals surface area contributed by atoms with Gasteiger partial charge in [0.2, 0.25) is 5.91 Å². The Balaban J connectivity index is 1.68. The Bertz CT molecular complexity index is 224. The Kier molecular flexibility index (Phi) is 3.62. The molecule has 15 heavy (non-hydrogen) atoms. The third kappa shape index (κ3) is 2.94. The molecule has 3 nitrogen and oxygen atoms in total. The molecule has 2 rings (SSSR count). The third-order valence-corrected chi connectivity index (χ3v) is 3.54. The van der Waals surface area contributed by atoms with Crippen LogP contribution in [0.25, 0.3) is 0 Å². The zero-order chi connectivity index (χ0) is 10.7. The van der Waals surface area contributed by atoms with Crippen LogP contribution in [0, 0.1) is 5.92 Å². The number of rotatable bonds is 4. The van der Waals surface area contributed by atoms with Crippen molar-refractivity contribution in [1.82, 2.24) is 10.6 Å². The van der Waals surface area contributed by atoms with Crippen molar-refractivity contribution in [1.29, 1.82) is 0 Å². The van der Waals surface area contributed by atoms with Crippen molar-refractivity contribution in [2.45, 2.75) is 57.5 Å². The molecule has 3 atom stereocenters. The highest BCUT2D eigenvalue weighted by molar-refractivity contribution is 5.82. The van der Waals surface area contributed by atoms with E-state index < -0.39 is 0 Å². The molecule has 2 N–H and O–H groups in total. The Hall–Kier alpha value is -0.570. The second-order valence-electron chi connectivity index (χ2n) is 4.90. The van der Waals surface area contributed by atoms with Gasteiger partial charge in [0, 0.05) is 6.04 Å². The molecule has 0 aromatic carbocycles. The predicted octanol–water partition coefficient (Wildman–Crippen LogP) is 1.43. The number of carbonyl (C=O) groups excluding carboxylic acids is 1. The molecule has 1 aliphatic heterocycles. The predicted molar refractivity (Wildman–Crippen MR) is 60.6 cm³/mol. The van der Waals surface area contributed by atoms with E-state index in [0.717, 1.165) is 18.9 Å². The van der Waals surface area contributed by atoms with E-state index in [4.69, 9.17) is 0 Å². The molecule has 86 valence electrons. The number of nitrogens with one attached hydrogen (secondary N) is 2. The number of carbonyl (C=O) groups is 1. The fraction of sp³-hybridized carbons (Fsp3) is 0.917. The van der Waals surface area contributed by atoms with Crippen LogP contribution in [-0.2, 0) is 4.79 Å². The SMILES string of the molecule is CCCC1CC1NC(=O)[C@@H]1CCCCN1. The second-order valence-corrected chi connectivity index (χ2v) is 4.90. The summed E-state index contributed by atoms with van der Waals surface area (Å²) in [5, 5.41) is 6.44. The molecule has 2 unspecified atom stereocenters. The highest BCUT2D eigenvalue weighted by Gasteiger charge is 2.38. The lowest BCUT2D eigenvalue weighted by Gasteiger charge is -2.22. The average molecular weight is 210 g/mol. The molecule has 3 heteroatoms. The van der Waals surface area contributed by atoms with Crippen LogP contribution in [0.3, 0.4) is 0 Å². The summed E-state index contributed by atoms with van der Waals surface area (Å²) >= 11 is 0. The van der Waals surface area contributed by atoms with Crippen molar-refractivity contribution < 1.29 is 4.79 Å². The van der Waals surface area contributed by atoms with E-state index in [1.807, 2.05) is 0 Å². The van der Waals surface area contributed by atoms with Gasteiger partial charge in [0.25, 0.3) is 0 Å². The molecular weight excluding hydrogens is 188 g/mol. The van der Waals surface area contributed by atoms with Gasteiger partial charge in [0.1, 0.15) is 0 Å². The molecule has 0 aromatic heterocycles. The summed E-state index contributed by atoms with van der Waals surface area (Å²) in [5.74, 6) is 1.00. The van der Waals surface area contributed by atoms with E-state index in [1.54, 1.807) is 0 Å². The Labute approximate surface area is 92.0 Å². The topological polar surface area (TPSA) is 41.1 Å². The minimum absolute atomic E-state index is 0.0848. The normalized spacial score (nSPS) is 34.9. The molecule has 2 fully saturated rings. The summed E-state index contributed by atoms with van der Waals surface area (Å²) < 4.78 is 0. The molecule has 2 aliphatic rings.